The Bertz CT molecular complexity index is 715. The van der Waals surface area contributed by atoms with Crippen LogP contribution in [-0.2, 0) is 16.6 Å². The Balaban J connectivity index is 2.43. The Morgan fingerprint density at radius 2 is 2.05 bits per heavy atom. The molecule has 0 spiro atoms. The van der Waals surface area contributed by atoms with E-state index in [1.165, 1.54) is 4.31 Å². The van der Waals surface area contributed by atoms with E-state index in [0.717, 1.165) is 5.56 Å². The van der Waals surface area contributed by atoms with Crippen molar-refractivity contribution in [3.05, 3.63) is 59.9 Å². The van der Waals surface area contributed by atoms with Crippen LogP contribution in [0.15, 0.2) is 48.8 Å². The SMILES string of the molecule is CCS(=O)(=O)N(Cc1cccnc1)c1cccc(C=O)c1. The molecule has 2 aromatic rings. The van der Waals surface area contributed by atoms with Crippen LogP contribution >= 0.6 is 0 Å². The maximum Gasteiger partial charge on any atom is 0.235 e. The maximum atomic E-state index is 12.3. The summed E-state index contributed by atoms with van der Waals surface area (Å²) in [6, 6.07) is 10.1. The molecule has 1 heterocycles. The van der Waals surface area contributed by atoms with Gasteiger partial charge in [0, 0.05) is 18.0 Å². The van der Waals surface area contributed by atoms with Crippen LogP contribution in [0.1, 0.15) is 22.8 Å². The van der Waals surface area contributed by atoms with Crippen LogP contribution in [0.3, 0.4) is 0 Å². The quantitative estimate of drug-likeness (QED) is 0.768. The Morgan fingerprint density at radius 3 is 2.67 bits per heavy atom. The number of hydrogen-bond acceptors (Lipinski definition) is 4. The number of rotatable bonds is 6. The third-order valence-electron chi connectivity index (χ3n) is 3.04. The van der Waals surface area contributed by atoms with Crippen molar-refractivity contribution >= 4 is 22.0 Å². The molecule has 0 radical (unpaired) electrons. The zero-order valence-electron chi connectivity index (χ0n) is 11.6. The van der Waals surface area contributed by atoms with Crippen molar-refractivity contribution in [3.8, 4) is 0 Å². The Kier molecular flexibility index (Phi) is 4.70. The molecule has 21 heavy (non-hydrogen) atoms. The van der Waals surface area contributed by atoms with Gasteiger partial charge in [0.15, 0.2) is 0 Å². The van der Waals surface area contributed by atoms with Gasteiger partial charge in [-0.15, -0.1) is 0 Å². The van der Waals surface area contributed by atoms with Crippen LogP contribution in [0.25, 0.3) is 0 Å². The minimum Gasteiger partial charge on any atom is -0.298 e. The first-order valence-corrected chi connectivity index (χ1v) is 8.12. The number of hydrogen-bond donors (Lipinski definition) is 0. The van der Waals surface area contributed by atoms with E-state index in [2.05, 4.69) is 4.98 Å². The Morgan fingerprint density at radius 1 is 1.24 bits per heavy atom. The van der Waals surface area contributed by atoms with Crippen LogP contribution < -0.4 is 4.31 Å². The van der Waals surface area contributed by atoms with E-state index >= 15 is 0 Å². The topological polar surface area (TPSA) is 67.3 Å². The molecule has 1 aromatic heterocycles. The summed E-state index contributed by atoms with van der Waals surface area (Å²) in [4.78, 5) is 14.9. The molecule has 110 valence electrons. The van der Waals surface area contributed by atoms with Gasteiger partial charge in [-0.25, -0.2) is 8.42 Å². The minimum atomic E-state index is -3.45. The molecule has 0 N–H and O–H groups in total. The summed E-state index contributed by atoms with van der Waals surface area (Å²) in [5, 5.41) is 0. The van der Waals surface area contributed by atoms with Gasteiger partial charge < -0.3 is 0 Å². The van der Waals surface area contributed by atoms with Crippen molar-refractivity contribution in [2.75, 3.05) is 10.1 Å². The summed E-state index contributed by atoms with van der Waals surface area (Å²) < 4.78 is 25.9. The second-order valence-electron chi connectivity index (χ2n) is 4.48. The van der Waals surface area contributed by atoms with Crippen LogP contribution in [0.2, 0.25) is 0 Å². The second-order valence-corrected chi connectivity index (χ2v) is 6.66. The standard InChI is InChI=1S/C15H16N2O3S/c1-2-21(19,20)17(11-14-6-4-8-16-10-14)15-7-3-5-13(9-15)12-18/h3-10,12H,2,11H2,1H3. The summed E-state index contributed by atoms with van der Waals surface area (Å²) in [6.45, 7) is 1.78. The first kappa shape index (κ1) is 15.2. The van der Waals surface area contributed by atoms with Gasteiger partial charge in [-0.3, -0.25) is 14.1 Å². The van der Waals surface area contributed by atoms with Gasteiger partial charge in [0.05, 0.1) is 18.0 Å². The van der Waals surface area contributed by atoms with Crippen molar-refractivity contribution in [2.45, 2.75) is 13.5 Å². The normalized spacial score (nSPS) is 11.1. The number of anilines is 1. The van der Waals surface area contributed by atoms with Crippen molar-refractivity contribution in [1.29, 1.82) is 0 Å². The fourth-order valence-electron chi connectivity index (χ4n) is 1.92. The zero-order chi connectivity index (χ0) is 15.3. The first-order chi connectivity index (χ1) is 10.1. The Hall–Kier alpha value is -2.21. The van der Waals surface area contributed by atoms with Crippen molar-refractivity contribution in [3.63, 3.8) is 0 Å². The van der Waals surface area contributed by atoms with Gasteiger partial charge in [-0.1, -0.05) is 18.2 Å². The number of aromatic nitrogens is 1. The molecule has 0 aliphatic heterocycles. The van der Waals surface area contributed by atoms with Crippen LogP contribution in [0, 0.1) is 0 Å². The van der Waals surface area contributed by atoms with E-state index in [0.29, 0.717) is 17.5 Å². The lowest BCUT2D eigenvalue weighted by Gasteiger charge is -2.24. The van der Waals surface area contributed by atoms with Gasteiger partial charge >= 0.3 is 0 Å². The second kappa shape index (κ2) is 6.49. The van der Waals surface area contributed by atoms with Gasteiger partial charge in [-0.05, 0) is 30.7 Å². The van der Waals surface area contributed by atoms with E-state index in [-0.39, 0.29) is 12.3 Å². The van der Waals surface area contributed by atoms with E-state index in [1.54, 1.807) is 49.6 Å². The number of nitrogens with zero attached hydrogens (tertiary/aromatic N) is 2. The maximum absolute atomic E-state index is 12.3. The molecule has 0 atom stereocenters. The van der Waals surface area contributed by atoms with E-state index in [9.17, 15) is 13.2 Å². The summed E-state index contributed by atoms with van der Waals surface area (Å²) in [5.41, 5.74) is 1.70. The molecule has 0 amide bonds. The lowest BCUT2D eigenvalue weighted by molar-refractivity contribution is 0.112. The fraction of sp³-hybridized carbons (Fsp3) is 0.200. The lowest BCUT2D eigenvalue weighted by Crippen LogP contribution is -2.32. The average Bonchev–Trinajstić information content (AvgIpc) is 2.53. The van der Waals surface area contributed by atoms with Crippen LogP contribution in [0.5, 0.6) is 0 Å². The monoisotopic (exact) mass is 304 g/mol. The number of pyridine rings is 1. The number of carbonyl (C=O) groups is 1. The van der Waals surface area contributed by atoms with Gasteiger partial charge in [0.1, 0.15) is 6.29 Å². The summed E-state index contributed by atoms with van der Waals surface area (Å²) in [6.07, 6.45) is 3.96. The third-order valence-corrected chi connectivity index (χ3v) is 4.78. The lowest BCUT2D eigenvalue weighted by atomic mass is 10.2. The van der Waals surface area contributed by atoms with Gasteiger partial charge in [0.25, 0.3) is 0 Å². The highest BCUT2D eigenvalue weighted by Crippen LogP contribution is 2.22. The van der Waals surface area contributed by atoms with Crippen LogP contribution in [-0.4, -0.2) is 25.4 Å². The number of aldehydes is 1. The number of benzene rings is 1. The highest BCUT2D eigenvalue weighted by molar-refractivity contribution is 7.92. The van der Waals surface area contributed by atoms with Crippen LogP contribution in [0.4, 0.5) is 5.69 Å². The van der Waals surface area contributed by atoms with E-state index in [4.69, 9.17) is 0 Å². The van der Waals surface area contributed by atoms with E-state index < -0.39 is 10.0 Å². The first-order valence-electron chi connectivity index (χ1n) is 6.51. The van der Waals surface area contributed by atoms with Crippen molar-refractivity contribution < 1.29 is 13.2 Å². The molecule has 0 saturated heterocycles. The molecule has 0 fully saturated rings. The van der Waals surface area contributed by atoms with Gasteiger partial charge in [0.2, 0.25) is 10.0 Å². The molecule has 0 aliphatic carbocycles. The Labute approximate surface area is 124 Å². The summed E-state index contributed by atoms with van der Waals surface area (Å²) in [7, 11) is -3.45. The molecular weight excluding hydrogens is 288 g/mol. The highest BCUT2D eigenvalue weighted by atomic mass is 32.2. The molecular formula is C15H16N2O3S. The van der Waals surface area contributed by atoms with E-state index in [1.807, 2.05) is 6.07 Å². The smallest absolute Gasteiger partial charge is 0.235 e. The molecule has 0 saturated carbocycles. The van der Waals surface area contributed by atoms with Crippen molar-refractivity contribution in [1.82, 2.24) is 4.98 Å². The third kappa shape index (κ3) is 3.66. The fourth-order valence-corrected chi connectivity index (χ4v) is 3.01. The molecule has 2 rings (SSSR count). The molecule has 0 bridgehead atoms. The molecule has 0 unspecified atom stereocenters. The van der Waals surface area contributed by atoms with Gasteiger partial charge in [-0.2, -0.15) is 0 Å². The molecule has 1 aromatic carbocycles. The number of carbonyl (C=O) groups excluding carboxylic acids is 1. The predicted octanol–water partition coefficient (Wildman–Crippen LogP) is 2.25. The minimum absolute atomic E-state index is 0.0153. The largest absolute Gasteiger partial charge is 0.298 e. The highest BCUT2D eigenvalue weighted by Gasteiger charge is 2.21. The van der Waals surface area contributed by atoms with Crippen molar-refractivity contribution in [2.24, 2.45) is 0 Å². The zero-order valence-corrected chi connectivity index (χ0v) is 12.5. The average molecular weight is 304 g/mol. The summed E-state index contributed by atoms with van der Waals surface area (Å²) in [5.74, 6) is -0.0153. The predicted molar refractivity (Wildman–Crippen MR) is 81.7 cm³/mol. The number of sulfonamides is 1. The molecule has 5 nitrogen and oxygen atoms in total. The molecule has 0 aliphatic rings. The summed E-state index contributed by atoms with van der Waals surface area (Å²) >= 11 is 0. The molecule has 6 heteroatoms.